The van der Waals surface area contributed by atoms with Crippen molar-refractivity contribution in [3.05, 3.63) is 46.8 Å². The molecule has 0 fully saturated rings. The Bertz CT molecular complexity index is 736. The van der Waals surface area contributed by atoms with Gasteiger partial charge in [0, 0.05) is 31.6 Å². The number of rotatable bonds is 5. The van der Waals surface area contributed by atoms with E-state index >= 15 is 0 Å². The molecule has 24 heavy (non-hydrogen) atoms. The van der Waals surface area contributed by atoms with E-state index in [1.165, 1.54) is 11.1 Å². The van der Waals surface area contributed by atoms with E-state index in [1.54, 1.807) is 0 Å². The number of para-hydroxylation sites is 1. The third-order valence-corrected chi connectivity index (χ3v) is 4.80. The topological polar surface area (TPSA) is 56.2 Å². The molecule has 1 N–H and O–H groups in total. The number of aromatic nitrogens is 2. The van der Waals surface area contributed by atoms with Gasteiger partial charge < -0.3 is 10.1 Å². The van der Waals surface area contributed by atoms with Gasteiger partial charge in [-0.15, -0.1) is 0 Å². The van der Waals surface area contributed by atoms with Crippen molar-refractivity contribution in [1.29, 1.82) is 0 Å². The van der Waals surface area contributed by atoms with Crippen LogP contribution in [-0.2, 0) is 24.7 Å². The van der Waals surface area contributed by atoms with Crippen LogP contribution in [0.3, 0.4) is 0 Å². The van der Waals surface area contributed by atoms with Gasteiger partial charge in [0.1, 0.15) is 5.75 Å². The zero-order valence-corrected chi connectivity index (χ0v) is 14.6. The molecule has 0 saturated carbocycles. The highest BCUT2D eigenvalue weighted by Gasteiger charge is 2.20. The number of benzene rings is 1. The van der Waals surface area contributed by atoms with E-state index in [0.29, 0.717) is 25.5 Å². The summed E-state index contributed by atoms with van der Waals surface area (Å²) in [6.45, 7) is 5.37. The van der Waals surface area contributed by atoms with Gasteiger partial charge in [-0.05, 0) is 43.9 Å². The number of hydrogen-bond donors (Lipinski definition) is 1. The number of fused-ring (bicyclic) bond motifs is 1. The first kappa shape index (κ1) is 16.6. The normalized spacial score (nSPS) is 16.4. The lowest BCUT2D eigenvalue weighted by atomic mass is 9.96. The largest absolute Gasteiger partial charge is 0.493 e. The molecule has 2 aromatic rings. The van der Waals surface area contributed by atoms with Crippen LogP contribution in [-0.4, -0.2) is 28.8 Å². The molecule has 1 amide bonds. The summed E-state index contributed by atoms with van der Waals surface area (Å²) in [5.41, 5.74) is 4.56. The fraction of sp³-hybridized carbons (Fsp3) is 0.474. The van der Waals surface area contributed by atoms with Crippen molar-refractivity contribution in [3.63, 3.8) is 0 Å². The van der Waals surface area contributed by atoms with Crippen molar-refractivity contribution in [1.82, 2.24) is 15.1 Å². The van der Waals surface area contributed by atoms with Crippen molar-refractivity contribution < 1.29 is 9.53 Å². The van der Waals surface area contributed by atoms with Gasteiger partial charge >= 0.3 is 0 Å². The van der Waals surface area contributed by atoms with Gasteiger partial charge in [-0.25, -0.2) is 0 Å². The molecule has 0 unspecified atom stereocenters. The molecule has 1 aromatic heterocycles. The molecule has 0 aliphatic carbocycles. The Morgan fingerprint density at radius 3 is 2.92 bits per heavy atom. The molecule has 0 bridgehead atoms. The zero-order chi connectivity index (χ0) is 17.1. The summed E-state index contributed by atoms with van der Waals surface area (Å²) in [6, 6.07) is 8.12. The number of carbonyl (C=O) groups is 1. The van der Waals surface area contributed by atoms with Crippen LogP contribution in [0.4, 0.5) is 0 Å². The highest BCUT2D eigenvalue weighted by molar-refractivity contribution is 5.76. The van der Waals surface area contributed by atoms with E-state index < -0.39 is 0 Å². The SMILES string of the molecule is Cc1nn(C)c(C)c1CCC(=O)NC[C@@H]1COc2ccccc2C1. The van der Waals surface area contributed by atoms with Crippen LogP contribution < -0.4 is 10.1 Å². The first-order valence-corrected chi connectivity index (χ1v) is 8.51. The summed E-state index contributed by atoms with van der Waals surface area (Å²) < 4.78 is 7.64. The Morgan fingerprint density at radius 1 is 1.38 bits per heavy atom. The quantitative estimate of drug-likeness (QED) is 0.917. The van der Waals surface area contributed by atoms with Crippen molar-refractivity contribution in [2.75, 3.05) is 13.2 Å². The van der Waals surface area contributed by atoms with Crippen LogP contribution in [0.25, 0.3) is 0 Å². The lowest BCUT2D eigenvalue weighted by Crippen LogP contribution is -2.34. The highest BCUT2D eigenvalue weighted by atomic mass is 16.5. The smallest absolute Gasteiger partial charge is 0.220 e. The number of nitrogens with zero attached hydrogens (tertiary/aromatic N) is 2. The molecule has 1 aliphatic heterocycles. The molecule has 1 aromatic carbocycles. The number of ether oxygens (including phenoxy) is 1. The summed E-state index contributed by atoms with van der Waals surface area (Å²) in [5, 5.41) is 7.45. The summed E-state index contributed by atoms with van der Waals surface area (Å²) in [6.07, 6.45) is 2.19. The first-order valence-electron chi connectivity index (χ1n) is 8.51. The summed E-state index contributed by atoms with van der Waals surface area (Å²) in [4.78, 5) is 12.2. The predicted molar refractivity (Wildman–Crippen MR) is 93.1 cm³/mol. The van der Waals surface area contributed by atoms with Gasteiger partial charge in [0.15, 0.2) is 0 Å². The Labute approximate surface area is 143 Å². The second kappa shape index (κ2) is 7.07. The average molecular weight is 327 g/mol. The third kappa shape index (κ3) is 3.61. The minimum atomic E-state index is 0.0940. The van der Waals surface area contributed by atoms with E-state index in [0.717, 1.165) is 30.0 Å². The van der Waals surface area contributed by atoms with Crippen LogP contribution in [0.5, 0.6) is 5.75 Å². The molecule has 128 valence electrons. The minimum Gasteiger partial charge on any atom is -0.493 e. The fourth-order valence-corrected chi connectivity index (χ4v) is 3.29. The molecular formula is C19H25N3O2. The number of aryl methyl sites for hydroxylation is 2. The van der Waals surface area contributed by atoms with E-state index in [4.69, 9.17) is 4.74 Å². The first-order chi connectivity index (χ1) is 11.5. The molecule has 0 radical (unpaired) electrons. The van der Waals surface area contributed by atoms with Gasteiger partial charge in [-0.1, -0.05) is 18.2 Å². The van der Waals surface area contributed by atoms with Crippen LogP contribution >= 0.6 is 0 Å². The van der Waals surface area contributed by atoms with Gasteiger partial charge in [-0.2, -0.15) is 5.10 Å². The fourth-order valence-electron chi connectivity index (χ4n) is 3.29. The van der Waals surface area contributed by atoms with Crippen LogP contribution in [0.15, 0.2) is 24.3 Å². The maximum absolute atomic E-state index is 12.2. The number of carbonyl (C=O) groups excluding carboxylic acids is 1. The standard InChI is InChI=1S/C19H25N3O2/c1-13-17(14(2)22(3)21-13)8-9-19(23)20-11-15-10-16-6-4-5-7-18(16)24-12-15/h4-7,15H,8-12H2,1-3H3,(H,20,23)/t15-/m1/s1. The zero-order valence-electron chi connectivity index (χ0n) is 14.6. The van der Waals surface area contributed by atoms with Gasteiger partial charge in [0.2, 0.25) is 5.91 Å². The highest BCUT2D eigenvalue weighted by Crippen LogP contribution is 2.26. The molecule has 2 heterocycles. The monoisotopic (exact) mass is 327 g/mol. The number of nitrogens with one attached hydrogen (secondary N) is 1. The molecule has 1 atom stereocenters. The Balaban J connectivity index is 1.46. The van der Waals surface area contributed by atoms with E-state index in [-0.39, 0.29) is 5.91 Å². The van der Waals surface area contributed by atoms with Crippen molar-refractivity contribution in [3.8, 4) is 5.75 Å². The molecule has 0 spiro atoms. The minimum absolute atomic E-state index is 0.0940. The van der Waals surface area contributed by atoms with Crippen LogP contribution in [0.1, 0.15) is 28.9 Å². The summed E-state index contributed by atoms with van der Waals surface area (Å²) in [5.74, 6) is 1.41. The maximum atomic E-state index is 12.2. The van der Waals surface area contributed by atoms with Crippen LogP contribution in [0, 0.1) is 19.8 Å². The molecule has 1 aliphatic rings. The van der Waals surface area contributed by atoms with Crippen molar-refractivity contribution >= 4 is 5.91 Å². The van der Waals surface area contributed by atoms with Gasteiger partial charge in [0.05, 0.1) is 12.3 Å². The summed E-state index contributed by atoms with van der Waals surface area (Å²) in [7, 11) is 1.94. The van der Waals surface area contributed by atoms with Crippen molar-refractivity contribution in [2.45, 2.75) is 33.1 Å². The molecule has 5 nitrogen and oxygen atoms in total. The maximum Gasteiger partial charge on any atom is 0.220 e. The van der Waals surface area contributed by atoms with Gasteiger partial charge in [-0.3, -0.25) is 9.48 Å². The average Bonchev–Trinajstić information content (AvgIpc) is 2.83. The molecule has 5 heteroatoms. The van der Waals surface area contributed by atoms with Gasteiger partial charge in [0.25, 0.3) is 0 Å². The number of hydrogen-bond acceptors (Lipinski definition) is 3. The Morgan fingerprint density at radius 2 is 2.17 bits per heavy atom. The Hall–Kier alpha value is -2.30. The molecular weight excluding hydrogens is 302 g/mol. The second-order valence-electron chi connectivity index (χ2n) is 6.57. The van der Waals surface area contributed by atoms with Crippen LogP contribution in [0.2, 0.25) is 0 Å². The molecule has 0 saturated heterocycles. The van der Waals surface area contributed by atoms with E-state index in [9.17, 15) is 4.79 Å². The molecule has 3 rings (SSSR count). The van der Waals surface area contributed by atoms with E-state index in [1.807, 2.05) is 43.8 Å². The van der Waals surface area contributed by atoms with Crippen molar-refractivity contribution in [2.24, 2.45) is 13.0 Å². The lowest BCUT2D eigenvalue weighted by molar-refractivity contribution is -0.121. The number of amides is 1. The Kier molecular flexibility index (Phi) is 4.88. The van der Waals surface area contributed by atoms with E-state index in [2.05, 4.69) is 16.5 Å². The third-order valence-electron chi connectivity index (χ3n) is 4.80. The summed E-state index contributed by atoms with van der Waals surface area (Å²) >= 11 is 0. The lowest BCUT2D eigenvalue weighted by Gasteiger charge is -2.25. The second-order valence-corrected chi connectivity index (χ2v) is 6.57. The predicted octanol–water partition coefficient (Wildman–Crippen LogP) is 2.34.